The van der Waals surface area contributed by atoms with Crippen LogP contribution in [0, 0.1) is 0 Å². The van der Waals surface area contributed by atoms with Crippen molar-refractivity contribution in [3.05, 3.63) is 51.7 Å². The number of hydrogen-bond acceptors (Lipinski definition) is 4. The summed E-state index contributed by atoms with van der Waals surface area (Å²) in [6.45, 7) is 1.51. The molecule has 0 saturated carbocycles. The molecule has 4 nitrogen and oxygen atoms in total. The molecule has 0 spiro atoms. The summed E-state index contributed by atoms with van der Waals surface area (Å²) in [7, 11) is 0. The Bertz CT molecular complexity index is 613. The van der Waals surface area contributed by atoms with Gasteiger partial charge in [-0.3, -0.25) is 4.79 Å². The third-order valence-corrected chi connectivity index (χ3v) is 3.69. The van der Waals surface area contributed by atoms with Crippen LogP contribution in [0.4, 0.5) is 5.69 Å². The number of carbonyl (C=O) groups excluding carboxylic acids is 2. The average molecular weight is 310 g/mol. The number of ether oxygens (including phenoxy) is 1. The van der Waals surface area contributed by atoms with E-state index in [4.69, 9.17) is 16.3 Å². The van der Waals surface area contributed by atoms with Gasteiger partial charge in [-0.05, 0) is 30.5 Å². The van der Waals surface area contributed by atoms with Crippen LogP contribution in [-0.4, -0.2) is 18.0 Å². The molecular formula is C14H12ClNO3S. The zero-order chi connectivity index (χ0) is 14.5. The largest absolute Gasteiger partial charge is 0.448 e. The molecule has 1 amide bonds. The molecule has 104 valence electrons. The molecule has 0 bridgehead atoms. The lowest BCUT2D eigenvalue weighted by Gasteiger charge is -2.13. The van der Waals surface area contributed by atoms with E-state index in [0.717, 1.165) is 0 Å². The molecule has 1 heterocycles. The molecule has 1 N–H and O–H groups in total. The highest BCUT2D eigenvalue weighted by molar-refractivity contribution is 7.11. The van der Waals surface area contributed by atoms with Crippen LogP contribution in [0.3, 0.4) is 0 Å². The van der Waals surface area contributed by atoms with E-state index in [9.17, 15) is 9.59 Å². The number of thiophene rings is 1. The van der Waals surface area contributed by atoms with E-state index in [1.165, 1.54) is 18.3 Å². The summed E-state index contributed by atoms with van der Waals surface area (Å²) in [5, 5.41) is 4.81. The van der Waals surface area contributed by atoms with Crippen LogP contribution in [0.25, 0.3) is 0 Å². The van der Waals surface area contributed by atoms with Crippen LogP contribution in [-0.2, 0) is 9.53 Å². The number of rotatable bonds is 4. The van der Waals surface area contributed by atoms with Crippen molar-refractivity contribution in [1.82, 2.24) is 0 Å². The fraction of sp³-hybridized carbons (Fsp3) is 0.143. The first-order valence-corrected chi connectivity index (χ1v) is 7.13. The molecule has 1 atom stereocenters. The van der Waals surface area contributed by atoms with Crippen molar-refractivity contribution in [2.45, 2.75) is 13.0 Å². The summed E-state index contributed by atoms with van der Waals surface area (Å²) < 4.78 is 5.08. The maximum absolute atomic E-state index is 11.9. The number of anilines is 1. The fourth-order valence-electron chi connectivity index (χ4n) is 1.46. The van der Waals surface area contributed by atoms with Gasteiger partial charge in [-0.15, -0.1) is 11.3 Å². The van der Waals surface area contributed by atoms with Gasteiger partial charge in [0.15, 0.2) is 6.10 Å². The van der Waals surface area contributed by atoms with Crippen LogP contribution in [0.15, 0.2) is 41.8 Å². The summed E-state index contributed by atoms with van der Waals surface area (Å²) in [4.78, 5) is 24.1. The van der Waals surface area contributed by atoms with Crippen molar-refractivity contribution in [2.75, 3.05) is 5.32 Å². The van der Waals surface area contributed by atoms with Gasteiger partial charge in [0.05, 0.1) is 10.7 Å². The van der Waals surface area contributed by atoms with Gasteiger partial charge in [-0.1, -0.05) is 29.8 Å². The Morgan fingerprint density at radius 2 is 2.00 bits per heavy atom. The van der Waals surface area contributed by atoms with Gasteiger partial charge >= 0.3 is 5.97 Å². The first-order chi connectivity index (χ1) is 9.58. The SMILES string of the molecule is C[C@@H](OC(=O)c1cccs1)C(=O)Nc1ccccc1Cl. The molecule has 1 aromatic heterocycles. The zero-order valence-electron chi connectivity index (χ0n) is 10.6. The Labute approximate surface area is 125 Å². The van der Waals surface area contributed by atoms with Crippen molar-refractivity contribution >= 4 is 40.5 Å². The van der Waals surface area contributed by atoms with Crippen LogP contribution in [0.2, 0.25) is 5.02 Å². The molecule has 1 aromatic carbocycles. The van der Waals surface area contributed by atoms with Crippen LogP contribution in [0.5, 0.6) is 0 Å². The number of benzene rings is 1. The van der Waals surface area contributed by atoms with Gasteiger partial charge in [0.1, 0.15) is 4.88 Å². The highest BCUT2D eigenvalue weighted by atomic mass is 35.5. The number of carbonyl (C=O) groups is 2. The smallest absolute Gasteiger partial charge is 0.349 e. The monoisotopic (exact) mass is 309 g/mol. The predicted molar refractivity (Wildman–Crippen MR) is 79.3 cm³/mol. The predicted octanol–water partition coefficient (Wildman–Crippen LogP) is 3.59. The maximum Gasteiger partial charge on any atom is 0.349 e. The van der Waals surface area contributed by atoms with E-state index in [2.05, 4.69) is 5.32 Å². The molecule has 6 heteroatoms. The molecule has 20 heavy (non-hydrogen) atoms. The highest BCUT2D eigenvalue weighted by Gasteiger charge is 2.20. The quantitative estimate of drug-likeness (QED) is 0.878. The van der Waals surface area contributed by atoms with Gasteiger partial charge in [0.25, 0.3) is 5.91 Å². The van der Waals surface area contributed by atoms with Crippen LogP contribution < -0.4 is 5.32 Å². The molecule has 0 aliphatic rings. The second kappa shape index (κ2) is 6.54. The number of para-hydroxylation sites is 1. The zero-order valence-corrected chi connectivity index (χ0v) is 12.2. The summed E-state index contributed by atoms with van der Waals surface area (Å²) in [5.41, 5.74) is 0.484. The Kier molecular flexibility index (Phi) is 4.76. The van der Waals surface area contributed by atoms with Crippen molar-refractivity contribution in [3.63, 3.8) is 0 Å². The Balaban J connectivity index is 1.96. The molecule has 0 radical (unpaired) electrons. The van der Waals surface area contributed by atoms with Gasteiger partial charge in [-0.2, -0.15) is 0 Å². The van der Waals surface area contributed by atoms with E-state index in [0.29, 0.717) is 15.6 Å². The summed E-state index contributed by atoms with van der Waals surface area (Å²) in [6, 6.07) is 10.2. The average Bonchev–Trinajstić information content (AvgIpc) is 2.95. The summed E-state index contributed by atoms with van der Waals surface area (Å²) in [6.07, 6.45) is -0.902. The summed E-state index contributed by atoms with van der Waals surface area (Å²) in [5.74, 6) is -0.940. The lowest BCUT2D eigenvalue weighted by atomic mass is 10.3. The second-order valence-corrected chi connectivity index (χ2v) is 5.35. The topological polar surface area (TPSA) is 55.4 Å². The van der Waals surface area contributed by atoms with Crippen LogP contribution in [0.1, 0.15) is 16.6 Å². The molecule has 0 fully saturated rings. The van der Waals surface area contributed by atoms with E-state index >= 15 is 0 Å². The second-order valence-electron chi connectivity index (χ2n) is 3.99. The molecule has 0 unspecified atom stereocenters. The van der Waals surface area contributed by atoms with E-state index in [1.54, 1.807) is 41.8 Å². The van der Waals surface area contributed by atoms with Gasteiger partial charge in [0, 0.05) is 0 Å². The normalized spacial score (nSPS) is 11.7. The Morgan fingerprint density at radius 1 is 1.25 bits per heavy atom. The van der Waals surface area contributed by atoms with E-state index in [-0.39, 0.29) is 0 Å². The van der Waals surface area contributed by atoms with Gasteiger partial charge in [0.2, 0.25) is 0 Å². The maximum atomic E-state index is 11.9. The lowest BCUT2D eigenvalue weighted by molar-refractivity contribution is -0.123. The highest BCUT2D eigenvalue weighted by Crippen LogP contribution is 2.21. The molecule has 2 aromatic rings. The van der Waals surface area contributed by atoms with E-state index in [1.807, 2.05) is 0 Å². The standard InChI is InChI=1S/C14H12ClNO3S/c1-9(19-14(18)12-7-4-8-20-12)13(17)16-11-6-3-2-5-10(11)15/h2-9H,1H3,(H,16,17)/t9-/m1/s1. The minimum Gasteiger partial charge on any atom is -0.448 e. The lowest BCUT2D eigenvalue weighted by Crippen LogP contribution is -2.29. The molecule has 0 saturated heterocycles. The fourth-order valence-corrected chi connectivity index (χ4v) is 2.25. The minimum atomic E-state index is -0.902. The molecule has 2 rings (SSSR count). The Hall–Kier alpha value is -1.85. The van der Waals surface area contributed by atoms with E-state index < -0.39 is 18.0 Å². The van der Waals surface area contributed by atoms with Crippen molar-refractivity contribution < 1.29 is 14.3 Å². The van der Waals surface area contributed by atoms with Crippen molar-refractivity contribution in [1.29, 1.82) is 0 Å². The van der Waals surface area contributed by atoms with Crippen molar-refractivity contribution in [2.24, 2.45) is 0 Å². The number of halogens is 1. The molecule has 0 aliphatic heterocycles. The third-order valence-electron chi connectivity index (χ3n) is 2.51. The molecule has 0 aliphatic carbocycles. The van der Waals surface area contributed by atoms with Crippen LogP contribution >= 0.6 is 22.9 Å². The number of nitrogens with one attached hydrogen (secondary N) is 1. The van der Waals surface area contributed by atoms with Gasteiger partial charge in [-0.25, -0.2) is 4.79 Å². The molecular weight excluding hydrogens is 298 g/mol. The minimum absolute atomic E-state index is 0.428. The first kappa shape index (κ1) is 14.6. The number of amides is 1. The number of hydrogen-bond donors (Lipinski definition) is 1. The third kappa shape index (κ3) is 3.59. The first-order valence-electron chi connectivity index (χ1n) is 5.88. The van der Waals surface area contributed by atoms with Gasteiger partial charge < -0.3 is 10.1 Å². The van der Waals surface area contributed by atoms with Crippen molar-refractivity contribution in [3.8, 4) is 0 Å². The number of esters is 1. The summed E-state index contributed by atoms with van der Waals surface area (Å²) >= 11 is 7.20. The Morgan fingerprint density at radius 3 is 2.65 bits per heavy atom.